The van der Waals surface area contributed by atoms with E-state index in [9.17, 15) is 0 Å². The topological polar surface area (TPSA) is 75.4 Å². The molecule has 8 heteroatoms. The molecule has 4 heterocycles. The van der Waals surface area contributed by atoms with Crippen LogP contribution < -0.4 is 5.32 Å². The normalized spacial score (nSPS) is 25.8. The minimum atomic E-state index is -0.101. The second-order valence-electron chi connectivity index (χ2n) is 7.59. The number of thiophene rings is 1. The van der Waals surface area contributed by atoms with Crippen molar-refractivity contribution in [2.24, 2.45) is 0 Å². The Balaban J connectivity index is 1.44. The van der Waals surface area contributed by atoms with Crippen molar-refractivity contribution in [2.45, 2.75) is 64.4 Å². The van der Waals surface area contributed by atoms with Crippen LogP contribution in [0.3, 0.4) is 0 Å². The first-order valence-corrected chi connectivity index (χ1v) is 10.7. The molecular weight excluding hydrogens is 362 g/mol. The van der Waals surface area contributed by atoms with Gasteiger partial charge >= 0.3 is 0 Å². The fourth-order valence-corrected chi connectivity index (χ4v) is 5.55. The van der Waals surface area contributed by atoms with Crippen LogP contribution in [0.2, 0.25) is 0 Å². The smallest absolute Gasteiger partial charge is 0.0969 e. The summed E-state index contributed by atoms with van der Waals surface area (Å²) in [4.78, 5) is 5.50. The monoisotopic (exact) mass is 391 g/mol. The van der Waals surface area contributed by atoms with Crippen molar-refractivity contribution in [2.75, 3.05) is 19.9 Å². The zero-order valence-electron chi connectivity index (χ0n) is 16.1. The van der Waals surface area contributed by atoms with E-state index in [1.54, 1.807) is 4.68 Å². The largest absolute Gasteiger partial charge is 0.381 e. The van der Waals surface area contributed by atoms with Gasteiger partial charge in [-0.25, -0.2) is 4.68 Å². The predicted molar refractivity (Wildman–Crippen MR) is 104 cm³/mol. The Hall–Kier alpha value is -1.32. The van der Waals surface area contributed by atoms with Crippen LogP contribution in [0.4, 0.5) is 0 Å². The van der Waals surface area contributed by atoms with Gasteiger partial charge in [-0.05, 0) is 37.8 Å². The van der Waals surface area contributed by atoms with Crippen molar-refractivity contribution >= 4 is 11.3 Å². The first-order chi connectivity index (χ1) is 13.1. The Labute approximate surface area is 164 Å². The fourth-order valence-electron chi connectivity index (χ4n) is 4.37. The van der Waals surface area contributed by atoms with Crippen molar-refractivity contribution in [3.05, 3.63) is 33.3 Å². The van der Waals surface area contributed by atoms with Crippen LogP contribution in [0.1, 0.15) is 47.7 Å². The number of nitrogens with one attached hydrogen (secondary N) is 1. The molecule has 0 amide bonds. The van der Waals surface area contributed by atoms with Gasteiger partial charge in [-0.1, -0.05) is 12.1 Å². The van der Waals surface area contributed by atoms with Gasteiger partial charge in [0, 0.05) is 35.3 Å². The Morgan fingerprint density at radius 1 is 1.48 bits per heavy atom. The number of hydrogen-bond acceptors (Lipinski definition) is 7. The average Bonchev–Trinajstić information content (AvgIpc) is 3.30. The molecule has 2 N–H and O–H groups in total. The maximum absolute atomic E-state index is 8.85. The van der Waals surface area contributed by atoms with Gasteiger partial charge in [-0.2, -0.15) is 0 Å². The molecule has 4 rings (SSSR count). The highest BCUT2D eigenvalue weighted by molar-refractivity contribution is 7.12. The zero-order chi connectivity index (χ0) is 18.9. The number of nitrogens with zero attached hydrogens (tertiary/aromatic N) is 4. The SMILES string of the molecule is CCc1cc2c(s1)CCO[C@@]21CCN(Cc2cn(CNCO)nn2)[C@@H](C)C1. The molecule has 2 aliphatic rings. The number of piperidine rings is 1. The minimum Gasteiger partial charge on any atom is -0.381 e. The third kappa shape index (κ3) is 3.82. The summed E-state index contributed by atoms with van der Waals surface area (Å²) in [6.45, 7) is 7.58. The molecule has 2 atom stereocenters. The molecule has 0 unspecified atom stereocenters. The molecule has 148 valence electrons. The molecule has 2 aromatic rings. The van der Waals surface area contributed by atoms with E-state index >= 15 is 0 Å². The number of aryl methyl sites for hydroxylation is 1. The molecule has 2 aliphatic heterocycles. The van der Waals surface area contributed by atoms with E-state index < -0.39 is 0 Å². The Morgan fingerprint density at radius 3 is 3.15 bits per heavy atom. The molecule has 7 nitrogen and oxygen atoms in total. The van der Waals surface area contributed by atoms with Gasteiger partial charge in [0.1, 0.15) is 0 Å². The lowest BCUT2D eigenvalue weighted by Crippen LogP contribution is -2.50. The van der Waals surface area contributed by atoms with Gasteiger partial charge in [0.2, 0.25) is 0 Å². The Kier molecular flexibility index (Phi) is 5.61. The lowest BCUT2D eigenvalue weighted by Gasteiger charge is -2.47. The van der Waals surface area contributed by atoms with Gasteiger partial charge in [-0.15, -0.1) is 16.4 Å². The van der Waals surface area contributed by atoms with E-state index in [0.29, 0.717) is 12.7 Å². The van der Waals surface area contributed by atoms with E-state index in [-0.39, 0.29) is 12.3 Å². The number of likely N-dealkylation sites (tertiary alicyclic amines) is 1. The van der Waals surface area contributed by atoms with E-state index in [0.717, 1.165) is 51.1 Å². The standard InChI is InChI=1S/C19H29N5O2S/c1-3-16-8-17-18(27-16)4-7-26-19(17)5-6-23(14(2)9-19)10-15-11-24(22-21-15)12-20-13-25/h8,11,14,20,25H,3-7,9-10,12-13H2,1-2H3/t14-,19+/m0/s1. The summed E-state index contributed by atoms with van der Waals surface area (Å²) < 4.78 is 8.14. The maximum atomic E-state index is 8.85. The van der Waals surface area contributed by atoms with Gasteiger partial charge in [0.05, 0.1) is 37.5 Å². The number of ether oxygens (including phenoxy) is 1. The summed E-state index contributed by atoms with van der Waals surface area (Å²) in [6.07, 6.45) is 6.17. The van der Waals surface area contributed by atoms with Crippen molar-refractivity contribution in [3.63, 3.8) is 0 Å². The summed E-state index contributed by atoms with van der Waals surface area (Å²) in [6, 6.07) is 2.83. The van der Waals surface area contributed by atoms with Crippen LogP contribution in [-0.4, -0.2) is 50.9 Å². The fraction of sp³-hybridized carbons (Fsp3) is 0.684. The van der Waals surface area contributed by atoms with E-state index in [1.165, 1.54) is 15.3 Å². The number of rotatable bonds is 6. The lowest BCUT2D eigenvalue weighted by atomic mass is 9.79. The first kappa shape index (κ1) is 19.0. The van der Waals surface area contributed by atoms with Gasteiger partial charge in [-0.3, -0.25) is 10.2 Å². The molecule has 1 saturated heterocycles. The van der Waals surface area contributed by atoms with E-state index in [2.05, 4.69) is 40.4 Å². The summed E-state index contributed by atoms with van der Waals surface area (Å²) in [5.74, 6) is 0. The van der Waals surface area contributed by atoms with Gasteiger partial charge in [0.15, 0.2) is 0 Å². The second kappa shape index (κ2) is 7.97. The van der Waals surface area contributed by atoms with Crippen LogP contribution in [0.25, 0.3) is 0 Å². The molecule has 2 aromatic heterocycles. The van der Waals surface area contributed by atoms with E-state index in [4.69, 9.17) is 9.84 Å². The van der Waals surface area contributed by atoms with Gasteiger partial charge < -0.3 is 9.84 Å². The zero-order valence-corrected chi connectivity index (χ0v) is 17.0. The van der Waals surface area contributed by atoms with Crippen LogP contribution in [0.5, 0.6) is 0 Å². The number of hydrogen-bond donors (Lipinski definition) is 2. The highest BCUT2D eigenvalue weighted by atomic mass is 32.1. The molecule has 0 aromatic carbocycles. The third-order valence-corrected chi connectivity index (χ3v) is 7.13. The van der Waals surface area contributed by atoms with Crippen LogP contribution >= 0.6 is 11.3 Å². The number of aromatic nitrogens is 3. The summed E-state index contributed by atoms with van der Waals surface area (Å²) in [7, 11) is 0. The molecule has 0 aliphatic carbocycles. The first-order valence-electron chi connectivity index (χ1n) is 9.84. The molecule has 0 saturated carbocycles. The van der Waals surface area contributed by atoms with E-state index in [1.807, 2.05) is 17.5 Å². The highest BCUT2D eigenvalue weighted by Gasteiger charge is 2.44. The highest BCUT2D eigenvalue weighted by Crippen LogP contribution is 2.46. The van der Waals surface area contributed by atoms with Crippen LogP contribution in [0, 0.1) is 0 Å². The summed E-state index contributed by atoms with van der Waals surface area (Å²) >= 11 is 1.98. The Morgan fingerprint density at radius 2 is 2.37 bits per heavy atom. The lowest BCUT2D eigenvalue weighted by molar-refractivity contribution is -0.112. The number of fused-ring (bicyclic) bond motifs is 2. The van der Waals surface area contributed by atoms with Crippen LogP contribution in [-0.2, 0) is 36.4 Å². The molecule has 0 radical (unpaired) electrons. The molecular formula is C19H29N5O2S. The van der Waals surface area contributed by atoms with Crippen molar-refractivity contribution in [1.82, 2.24) is 25.2 Å². The predicted octanol–water partition coefficient (Wildman–Crippen LogP) is 1.85. The van der Waals surface area contributed by atoms with Crippen molar-refractivity contribution < 1.29 is 9.84 Å². The average molecular weight is 392 g/mol. The molecule has 1 spiro atoms. The third-order valence-electron chi connectivity index (χ3n) is 5.79. The van der Waals surface area contributed by atoms with Crippen molar-refractivity contribution in [3.8, 4) is 0 Å². The molecule has 27 heavy (non-hydrogen) atoms. The van der Waals surface area contributed by atoms with Crippen LogP contribution in [0.15, 0.2) is 12.3 Å². The number of aliphatic hydroxyl groups excluding tert-OH is 1. The molecule has 0 bridgehead atoms. The maximum Gasteiger partial charge on any atom is 0.0969 e. The second-order valence-corrected chi connectivity index (χ2v) is 8.81. The minimum absolute atomic E-state index is 0.0647. The quantitative estimate of drug-likeness (QED) is 0.732. The summed E-state index contributed by atoms with van der Waals surface area (Å²) in [5, 5.41) is 20.1. The summed E-state index contributed by atoms with van der Waals surface area (Å²) in [5.41, 5.74) is 2.32. The van der Waals surface area contributed by atoms with Gasteiger partial charge in [0.25, 0.3) is 0 Å². The van der Waals surface area contributed by atoms with Crippen molar-refractivity contribution in [1.29, 1.82) is 0 Å². The molecule has 1 fully saturated rings. The number of aliphatic hydroxyl groups is 1. The Bertz CT molecular complexity index is 776.